The summed E-state index contributed by atoms with van der Waals surface area (Å²) in [5.74, 6) is 1.20. The standard InChI is InChI=1S/C24H32N6O2/c1-14(2)16-10-15(11-17(13-16)32-3)12-20-21(22(26)31)23-27-8-9-30(23)24(29-20)28-19-7-5-4-6-18(19)25/h8-11,13-14,18-19H,4-7,12,25H2,1-3H3,(H2,26,31)(H,28,29)/t18-,19+/m1/s1. The summed E-state index contributed by atoms with van der Waals surface area (Å²) in [5, 5.41) is 3.51. The summed E-state index contributed by atoms with van der Waals surface area (Å²) in [6.45, 7) is 4.27. The van der Waals surface area contributed by atoms with Crippen LogP contribution >= 0.6 is 0 Å². The maximum Gasteiger partial charge on any atom is 0.254 e. The normalized spacial score (nSPS) is 18.8. The second-order valence-corrected chi connectivity index (χ2v) is 8.89. The van der Waals surface area contributed by atoms with Gasteiger partial charge in [-0.05, 0) is 42.0 Å². The predicted molar refractivity (Wildman–Crippen MR) is 125 cm³/mol. The summed E-state index contributed by atoms with van der Waals surface area (Å²) < 4.78 is 7.29. The molecule has 2 heterocycles. The molecule has 32 heavy (non-hydrogen) atoms. The molecule has 4 rings (SSSR count). The van der Waals surface area contributed by atoms with Crippen LogP contribution in [0.2, 0.25) is 0 Å². The van der Waals surface area contributed by atoms with Gasteiger partial charge in [-0.25, -0.2) is 9.97 Å². The zero-order valence-corrected chi connectivity index (χ0v) is 19.0. The summed E-state index contributed by atoms with van der Waals surface area (Å²) in [6.07, 6.45) is 8.13. The smallest absolute Gasteiger partial charge is 0.254 e. The quantitative estimate of drug-likeness (QED) is 0.523. The Kier molecular flexibility index (Phi) is 6.32. The molecule has 0 bridgehead atoms. The van der Waals surface area contributed by atoms with E-state index in [1.165, 1.54) is 0 Å². The number of nitrogens with zero attached hydrogens (tertiary/aromatic N) is 3. The van der Waals surface area contributed by atoms with Crippen LogP contribution in [-0.2, 0) is 6.42 Å². The number of imidazole rings is 1. The summed E-state index contributed by atoms with van der Waals surface area (Å²) in [4.78, 5) is 21.7. The van der Waals surface area contributed by atoms with E-state index in [1.54, 1.807) is 23.9 Å². The van der Waals surface area contributed by atoms with Crippen molar-refractivity contribution in [1.82, 2.24) is 14.4 Å². The number of amides is 1. The van der Waals surface area contributed by atoms with Gasteiger partial charge in [-0.1, -0.05) is 32.8 Å². The Bertz CT molecular complexity index is 1120. The number of methoxy groups -OCH3 is 1. The molecule has 1 fully saturated rings. The highest BCUT2D eigenvalue weighted by molar-refractivity contribution is 6.00. The third kappa shape index (κ3) is 4.41. The Morgan fingerprint density at radius 1 is 1.28 bits per heavy atom. The van der Waals surface area contributed by atoms with Crippen molar-refractivity contribution in [2.75, 3.05) is 12.4 Å². The van der Waals surface area contributed by atoms with Crippen LogP contribution in [-0.4, -0.2) is 39.5 Å². The van der Waals surface area contributed by atoms with Crippen molar-refractivity contribution < 1.29 is 9.53 Å². The minimum atomic E-state index is -0.545. The topological polar surface area (TPSA) is 121 Å². The van der Waals surface area contributed by atoms with Crippen molar-refractivity contribution in [1.29, 1.82) is 0 Å². The van der Waals surface area contributed by atoms with E-state index < -0.39 is 5.91 Å². The van der Waals surface area contributed by atoms with Crippen LogP contribution in [0.5, 0.6) is 5.75 Å². The first-order valence-electron chi connectivity index (χ1n) is 11.2. The Hall–Kier alpha value is -3.13. The fourth-order valence-electron chi connectivity index (χ4n) is 4.45. The molecule has 2 aromatic heterocycles. The minimum Gasteiger partial charge on any atom is -0.497 e. The van der Waals surface area contributed by atoms with Crippen molar-refractivity contribution in [3.63, 3.8) is 0 Å². The number of aromatic nitrogens is 3. The van der Waals surface area contributed by atoms with Crippen molar-refractivity contribution in [3.05, 3.63) is 53.0 Å². The van der Waals surface area contributed by atoms with Crippen molar-refractivity contribution in [2.24, 2.45) is 11.5 Å². The van der Waals surface area contributed by atoms with Crippen LogP contribution in [0, 0.1) is 0 Å². The average Bonchev–Trinajstić information content (AvgIpc) is 3.24. The Balaban J connectivity index is 1.79. The van der Waals surface area contributed by atoms with E-state index in [4.69, 9.17) is 21.2 Å². The lowest BCUT2D eigenvalue weighted by atomic mass is 9.91. The van der Waals surface area contributed by atoms with Crippen LogP contribution < -0.4 is 21.5 Å². The van der Waals surface area contributed by atoms with Gasteiger partial charge in [0.25, 0.3) is 5.91 Å². The molecular formula is C24H32N6O2. The molecule has 0 spiro atoms. The van der Waals surface area contributed by atoms with E-state index in [0.29, 0.717) is 35.2 Å². The fraction of sp³-hybridized carbons (Fsp3) is 0.458. The number of anilines is 1. The highest BCUT2D eigenvalue weighted by Gasteiger charge is 2.25. The third-order valence-electron chi connectivity index (χ3n) is 6.26. The first-order valence-corrected chi connectivity index (χ1v) is 11.2. The first kappa shape index (κ1) is 22.1. The molecule has 170 valence electrons. The van der Waals surface area contributed by atoms with Gasteiger partial charge in [0.15, 0.2) is 5.65 Å². The lowest BCUT2D eigenvalue weighted by Gasteiger charge is -2.30. The van der Waals surface area contributed by atoms with Crippen molar-refractivity contribution >= 4 is 17.5 Å². The molecule has 0 saturated heterocycles. The molecule has 8 nitrogen and oxygen atoms in total. The molecule has 1 aliphatic rings. The van der Waals surface area contributed by atoms with Gasteiger partial charge in [-0.15, -0.1) is 0 Å². The van der Waals surface area contributed by atoms with E-state index in [9.17, 15) is 4.79 Å². The molecule has 1 saturated carbocycles. The lowest BCUT2D eigenvalue weighted by molar-refractivity contribution is 0.1000. The van der Waals surface area contributed by atoms with E-state index in [-0.39, 0.29) is 12.1 Å². The number of carbonyl (C=O) groups excluding carboxylic acids is 1. The Labute approximate surface area is 188 Å². The number of carbonyl (C=O) groups is 1. The van der Waals surface area contributed by atoms with Gasteiger partial charge in [-0.3, -0.25) is 9.20 Å². The minimum absolute atomic E-state index is 0.0652. The van der Waals surface area contributed by atoms with E-state index in [1.807, 2.05) is 12.1 Å². The Morgan fingerprint density at radius 2 is 2.06 bits per heavy atom. The Morgan fingerprint density at radius 3 is 2.75 bits per heavy atom. The zero-order valence-electron chi connectivity index (χ0n) is 19.0. The molecular weight excluding hydrogens is 404 g/mol. The maximum atomic E-state index is 12.4. The molecule has 8 heteroatoms. The summed E-state index contributed by atoms with van der Waals surface area (Å²) in [6, 6.07) is 6.32. The summed E-state index contributed by atoms with van der Waals surface area (Å²) >= 11 is 0. The molecule has 3 aromatic rings. The second-order valence-electron chi connectivity index (χ2n) is 8.89. The molecule has 1 amide bonds. The number of ether oxygens (including phenoxy) is 1. The molecule has 1 aromatic carbocycles. The highest BCUT2D eigenvalue weighted by atomic mass is 16.5. The highest BCUT2D eigenvalue weighted by Crippen LogP contribution is 2.27. The van der Waals surface area contributed by atoms with E-state index in [2.05, 4.69) is 30.2 Å². The average molecular weight is 437 g/mol. The van der Waals surface area contributed by atoms with Gasteiger partial charge in [0.1, 0.15) is 11.3 Å². The zero-order chi connectivity index (χ0) is 22.8. The van der Waals surface area contributed by atoms with Crippen LogP contribution in [0.1, 0.15) is 72.6 Å². The molecule has 5 N–H and O–H groups in total. The lowest BCUT2D eigenvalue weighted by Crippen LogP contribution is -2.43. The molecule has 0 radical (unpaired) electrons. The largest absolute Gasteiger partial charge is 0.497 e. The predicted octanol–water partition coefficient (Wildman–Crippen LogP) is 3.23. The SMILES string of the molecule is COc1cc(Cc2nc(N[C@H]3CCCC[C@H]3N)n3ccnc3c2C(N)=O)cc(C(C)C)c1. The number of nitrogens with two attached hydrogens (primary N) is 2. The van der Waals surface area contributed by atoms with Crippen LogP contribution in [0.25, 0.3) is 5.65 Å². The monoisotopic (exact) mass is 436 g/mol. The van der Waals surface area contributed by atoms with Gasteiger partial charge in [0.2, 0.25) is 5.95 Å². The molecule has 0 aliphatic heterocycles. The van der Waals surface area contributed by atoms with E-state index in [0.717, 1.165) is 42.6 Å². The number of benzene rings is 1. The van der Waals surface area contributed by atoms with Gasteiger partial charge in [0.05, 0.1) is 12.8 Å². The van der Waals surface area contributed by atoms with Crippen molar-refractivity contribution in [2.45, 2.75) is 64.0 Å². The third-order valence-corrected chi connectivity index (χ3v) is 6.26. The van der Waals surface area contributed by atoms with Crippen LogP contribution in [0.4, 0.5) is 5.95 Å². The van der Waals surface area contributed by atoms with Crippen LogP contribution in [0.15, 0.2) is 30.6 Å². The van der Waals surface area contributed by atoms with Gasteiger partial charge >= 0.3 is 0 Å². The molecule has 0 unspecified atom stereocenters. The van der Waals surface area contributed by atoms with Gasteiger partial charge in [-0.2, -0.15) is 0 Å². The number of hydrogen-bond donors (Lipinski definition) is 3. The van der Waals surface area contributed by atoms with E-state index >= 15 is 0 Å². The fourth-order valence-corrected chi connectivity index (χ4v) is 4.45. The first-order chi connectivity index (χ1) is 15.4. The number of hydrogen-bond acceptors (Lipinski definition) is 6. The summed E-state index contributed by atoms with van der Waals surface area (Å²) in [5.41, 5.74) is 15.7. The number of primary amides is 1. The summed E-state index contributed by atoms with van der Waals surface area (Å²) in [7, 11) is 1.66. The number of fused-ring (bicyclic) bond motifs is 1. The second kappa shape index (κ2) is 9.16. The number of nitrogens with one attached hydrogen (secondary N) is 1. The van der Waals surface area contributed by atoms with Gasteiger partial charge < -0.3 is 21.5 Å². The maximum absolute atomic E-state index is 12.4. The van der Waals surface area contributed by atoms with Crippen LogP contribution in [0.3, 0.4) is 0 Å². The molecule has 2 atom stereocenters. The van der Waals surface area contributed by atoms with Crippen molar-refractivity contribution in [3.8, 4) is 5.75 Å². The number of rotatable bonds is 7. The molecule has 1 aliphatic carbocycles. The van der Waals surface area contributed by atoms with Gasteiger partial charge in [0, 0.05) is 30.9 Å².